The van der Waals surface area contributed by atoms with Crippen LogP contribution in [0.3, 0.4) is 0 Å². The molecule has 2 aliphatic heterocycles. The third kappa shape index (κ3) is 10.6. The van der Waals surface area contributed by atoms with Gasteiger partial charge in [-0.25, -0.2) is 23.4 Å². The topological polar surface area (TPSA) is 123 Å². The van der Waals surface area contributed by atoms with Crippen LogP contribution in [0, 0.1) is 23.5 Å². The third-order valence-electron chi connectivity index (χ3n) is 13.1. The molecule has 1 unspecified atom stereocenters. The van der Waals surface area contributed by atoms with E-state index < -0.39 is 79.0 Å². The number of anilines is 1. The second-order valence-corrected chi connectivity index (χ2v) is 26.6. The van der Waals surface area contributed by atoms with E-state index in [1.807, 2.05) is 25.3 Å². The summed E-state index contributed by atoms with van der Waals surface area (Å²) in [6, 6.07) is 0.990. The highest BCUT2D eigenvalue weighted by Crippen LogP contribution is 2.65. The summed E-state index contributed by atoms with van der Waals surface area (Å²) in [7, 11) is -2.33. The fourth-order valence-electron chi connectivity index (χ4n) is 9.05. The molecule has 4 heterocycles. The Morgan fingerprint density at radius 2 is 1.64 bits per heavy atom. The van der Waals surface area contributed by atoms with Crippen molar-refractivity contribution in [3.8, 4) is 17.0 Å². The van der Waals surface area contributed by atoms with Crippen molar-refractivity contribution in [3.05, 3.63) is 47.3 Å². The number of carbonyl (C=O) groups excluding carboxylic acids is 2. The highest BCUT2D eigenvalue weighted by atomic mass is 28.4. The monoisotopic (exact) mass is 948 g/mol. The number of piperidine rings is 1. The van der Waals surface area contributed by atoms with E-state index in [1.165, 1.54) is 0 Å². The molecule has 2 amide bonds. The van der Waals surface area contributed by atoms with Crippen molar-refractivity contribution in [2.24, 2.45) is 11.8 Å². The number of nitrogens with one attached hydrogen (secondary N) is 1. The van der Waals surface area contributed by atoms with Gasteiger partial charge in [-0.15, -0.1) is 13.2 Å². The molecule has 364 valence electrons. The van der Waals surface area contributed by atoms with Gasteiger partial charge in [0.1, 0.15) is 16.9 Å². The molecule has 7 rings (SSSR count). The Morgan fingerprint density at radius 3 is 2.20 bits per heavy atom. The van der Waals surface area contributed by atoms with Crippen molar-refractivity contribution in [3.63, 3.8) is 0 Å². The lowest BCUT2D eigenvalue weighted by Gasteiger charge is -2.39. The molecule has 1 aromatic carbocycles. The number of amides is 2. The molecule has 18 heteroatoms. The van der Waals surface area contributed by atoms with Crippen LogP contribution in [0.4, 0.5) is 37.2 Å². The number of alkyl halides is 3. The third-order valence-corrected chi connectivity index (χ3v) is 17.6. The normalized spacial score (nSPS) is 22.6. The summed E-state index contributed by atoms with van der Waals surface area (Å²) in [5.74, 6) is -4.39. The molecule has 0 spiro atoms. The maximum atomic E-state index is 18.1. The van der Waals surface area contributed by atoms with Gasteiger partial charge in [0, 0.05) is 42.0 Å². The Labute approximate surface area is 385 Å². The van der Waals surface area contributed by atoms with Crippen LogP contribution in [-0.2, 0) is 30.0 Å². The lowest BCUT2D eigenvalue weighted by molar-refractivity contribution is -0.275. The number of benzene rings is 1. The molecule has 12 nitrogen and oxygen atoms in total. The van der Waals surface area contributed by atoms with Gasteiger partial charge in [-0.1, -0.05) is 27.4 Å². The van der Waals surface area contributed by atoms with E-state index in [4.69, 9.17) is 28.4 Å². The zero-order chi connectivity index (χ0) is 48.6. The summed E-state index contributed by atoms with van der Waals surface area (Å²) < 4.78 is 113. The van der Waals surface area contributed by atoms with Gasteiger partial charge in [0.15, 0.2) is 32.0 Å². The van der Waals surface area contributed by atoms with Crippen molar-refractivity contribution >= 4 is 42.7 Å². The minimum absolute atomic E-state index is 0.0127. The first-order valence-corrected chi connectivity index (χ1v) is 25.8. The van der Waals surface area contributed by atoms with E-state index in [2.05, 4.69) is 50.5 Å². The number of carbonyl (C=O) groups is 2. The highest BCUT2D eigenvalue weighted by Gasteiger charge is 2.65. The standard InChI is InChI=1S/C48H65F5N4O8Si/c1-25(2)39-37-36(35-29-22-56(44(59)65-46(6,7)8)31(34(29)35)24-62-66(12,13)47(9,10)11)32(23-61-33-16-14-15-19-60-33)57(27-17-18-27)41(37)38(50)40(55-39)28-20-26(54-43(58)64-45(3,4)5)21-30(49)42(28)63-48(51,52)53/h20-21,27,29,31,33-35H,1,14-19,22-24H2,2-13H3,(H,54,58)/t29-,31+,33?,34-,35+/m0/s1. The van der Waals surface area contributed by atoms with E-state index in [9.17, 15) is 22.8 Å². The number of fused-ring (bicyclic) bond motifs is 2. The number of halogens is 5. The zero-order valence-electron chi connectivity index (χ0n) is 40.2. The lowest BCUT2D eigenvalue weighted by atomic mass is 9.96. The molecule has 2 saturated heterocycles. The molecule has 4 aliphatic rings. The number of ether oxygens (including phenoxy) is 5. The largest absolute Gasteiger partial charge is 0.573 e. The number of hydrogen-bond donors (Lipinski definition) is 1. The van der Waals surface area contributed by atoms with E-state index in [-0.39, 0.29) is 58.9 Å². The van der Waals surface area contributed by atoms with Gasteiger partial charge in [0.05, 0.1) is 36.0 Å². The Hall–Kier alpha value is -4.26. The van der Waals surface area contributed by atoms with Gasteiger partial charge in [0.2, 0.25) is 0 Å². The Kier molecular flexibility index (Phi) is 13.3. The molecule has 0 bridgehead atoms. The van der Waals surface area contributed by atoms with Gasteiger partial charge in [0.25, 0.3) is 0 Å². The zero-order valence-corrected chi connectivity index (χ0v) is 41.2. The number of aromatic nitrogens is 2. The van der Waals surface area contributed by atoms with E-state index in [0.29, 0.717) is 55.1 Å². The van der Waals surface area contributed by atoms with Crippen molar-refractivity contribution < 1.29 is 59.7 Å². The average Bonchev–Trinajstić information content (AvgIpc) is 4.07. The van der Waals surface area contributed by atoms with E-state index in [0.717, 1.165) is 24.5 Å². The Bertz CT molecular complexity index is 2370. The van der Waals surface area contributed by atoms with Gasteiger partial charge in [-0.3, -0.25) is 5.32 Å². The molecule has 2 aliphatic carbocycles. The number of hydrogen-bond acceptors (Lipinski definition) is 9. The fraction of sp³-hybridized carbons (Fsp3) is 0.646. The Balaban J connectivity index is 1.44. The SMILES string of the molecule is C=C(C)c1nc(-c2cc(NC(=O)OC(C)(C)C)cc(F)c2OC(F)(F)F)c(F)c2c1c([C@@H]1[C@H]3CN(C(=O)OC(C)(C)C)[C@H](CO[Si](C)(C)C(C)(C)C)[C@H]31)c(COC1CCCCO1)n2C1CC1. The first-order valence-electron chi connectivity index (χ1n) is 22.8. The van der Waals surface area contributed by atoms with Crippen LogP contribution in [0.2, 0.25) is 18.1 Å². The number of allylic oxidation sites excluding steroid dienone is 1. The number of pyridine rings is 1. The number of likely N-dealkylation sites (tertiary alicyclic amines) is 1. The summed E-state index contributed by atoms with van der Waals surface area (Å²) in [5.41, 5.74) is -1.40. The molecule has 1 N–H and O–H groups in total. The van der Waals surface area contributed by atoms with Gasteiger partial charge < -0.3 is 37.6 Å². The molecular formula is C48H65F5N4O8Si. The van der Waals surface area contributed by atoms with Crippen LogP contribution in [0.5, 0.6) is 5.75 Å². The maximum Gasteiger partial charge on any atom is 0.573 e. The molecule has 5 atom stereocenters. The molecule has 2 aromatic heterocycles. The number of nitrogens with zero attached hydrogens (tertiary/aromatic N) is 3. The quantitative estimate of drug-likeness (QED) is 0.140. The minimum atomic E-state index is -5.39. The summed E-state index contributed by atoms with van der Waals surface area (Å²) in [6.07, 6.45) is -3.58. The van der Waals surface area contributed by atoms with Crippen LogP contribution in [-0.4, -0.2) is 84.6 Å². The first kappa shape index (κ1) is 49.6. The summed E-state index contributed by atoms with van der Waals surface area (Å²) in [5, 5.41) is 2.64. The van der Waals surface area contributed by atoms with Gasteiger partial charge in [-0.05, 0) is 134 Å². The van der Waals surface area contributed by atoms with E-state index in [1.54, 1.807) is 32.6 Å². The Morgan fingerprint density at radius 1 is 0.970 bits per heavy atom. The fourth-order valence-corrected chi connectivity index (χ4v) is 10.1. The molecular weight excluding hydrogens is 884 g/mol. The minimum Gasteiger partial charge on any atom is -0.444 e. The van der Waals surface area contributed by atoms with Gasteiger partial charge >= 0.3 is 18.5 Å². The first-order chi connectivity index (χ1) is 30.5. The second kappa shape index (κ2) is 17.7. The second-order valence-electron chi connectivity index (χ2n) is 21.7. The molecule has 66 heavy (non-hydrogen) atoms. The summed E-state index contributed by atoms with van der Waals surface area (Å²) in [6.45, 7) is 28.0. The number of rotatable bonds is 12. The summed E-state index contributed by atoms with van der Waals surface area (Å²) >= 11 is 0. The maximum absolute atomic E-state index is 18.1. The molecule has 3 aromatic rings. The summed E-state index contributed by atoms with van der Waals surface area (Å²) in [4.78, 5) is 33.2. The predicted molar refractivity (Wildman–Crippen MR) is 243 cm³/mol. The molecule has 0 radical (unpaired) electrons. The average molecular weight is 949 g/mol. The van der Waals surface area contributed by atoms with Crippen LogP contribution in [0.15, 0.2) is 18.7 Å². The smallest absolute Gasteiger partial charge is 0.444 e. The van der Waals surface area contributed by atoms with Crippen LogP contribution in [0.25, 0.3) is 27.7 Å². The van der Waals surface area contributed by atoms with Gasteiger partial charge in [-0.2, -0.15) is 0 Å². The van der Waals surface area contributed by atoms with Crippen molar-refractivity contribution in [2.45, 2.75) is 168 Å². The van der Waals surface area contributed by atoms with Crippen molar-refractivity contribution in [1.82, 2.24) is 14.5 Å². The molecule has 2 saturated carbocycles. The lowest BCUT2D eigenvalue weighted by Crippen LogP contribution is -2.48. The van der Waals surface area contributed by atoms with E-state index >= 15 is 8.78 Å². The van der Waals surface area contributed by atoms with Crippen molar-refractivity contribution in [1.29, 1.82) is 0 Å². The van der Waals surface area contributed by atoms with Crippen LogP contribution < -0.4 is 10.1 Å². The van der Waals surface area contributed by atoms with Crippen LogP contribution in [0.1, 0.15) is 130 Å². The predicted octanol–water partition coefficient (Wildman–Crippen LogP) is 12.6. The molecule has 4 fully saturated rings. The highest BCUT2D eigenvalue weighted by molar-refractivity contribution is 6.74. The van der Waals surface area contributed by atoms with Crippen molar-refractivity contribution in [2.75, 3.05) is 25.1 Å². The van der Waals surface area contributed by atoms with Crippen LogP contribution >= 0.6 is 0 Å².